The van der Waals surface area contributed by atoms with Gasteiger partial charge in [0.2, 0.25) is 15.9 Å². The van der Waals surface area contributed by atoms with Crippen molar-refractivity contribution < 1.29 is 13.2 Å². The van der Waals surface area contributed by atoms with E-state index in [1.807, 2.05) is 19.1 Å². The highest BCUT2D eigenvalue weighted by Gasteiger charge is 2.27. The first-order valence-electron chi connectivity index (χ1n) is 8.16. The van der Waals surface area contributed by atoms with E-state index in [1.54, 1.807) is 17.0 Å². The van der Waals surface area contributed by atoms with Crippen molar-refractivity contribution in [1.29, 1.82) is 0 Å². The Labute approximate surface area is 139 Å². The second kappa shape index (κ2) is 7.34. The maximum atomic E-state index is 12.6. The van der Waals surface area contributed by atoms with Gasteiger partial charge in [-0.1, -0.05) is 32.0 Å². The molecule has 1 heterocycles. The highest BCUT2D eigenvalue weighted by molar-refractivity contribution is 7.92. The first-order chi connectivity index (χ1) is 10.8. The number of para-hydroxylation sites is 1. The van der Waals surface area contributed by atoms with E-state index >= 15 is 0 Å². The molecule has 1 saturated heterocycles. The fourth-order valence-electron chi connectivity index (χ4n) is 2.92. The molecule has 1 aliphatic rings. The van der Waals surface area contributed by atoms with E-state index in [1.165, 1.54) is 4.31 Å². The Balaban J connectivity index is 2.22. The summed E-state index contributed by atoms with van der Waals surface area (Å²) in [5.74, 6) is 0.513. The van der Waals surface area contributed by atoms with Crippen LogP contribution in [0.15, 0.2) is 24.3 Å². The summed E-state index contributed by atoms with van der Waals surface area (Å²) in [4.78, 5) is 14.3. The Bertz CT molecular complexity index is 650. The van der Waals surface area contributed by atoms with E-state index in [4.69, 9.17) is 0 Å². The minimum atomic E-state index is -3.51. The van der Waals surface area contributed by atoms with Crippen LogP contribution in [0.3, 0.4) is 0 Å². The Morgan fingerprint density at radius 1 is 1.26 bits per heavy atom. The zero-order chi connectivity index (χ0) is 17.0. The van der Waals surface area contributed by atoms with Gasteiger partial charge in [-0.3, -0.25) is 9.10 Å². The number of carbonyl (C=O) groups is 1. The molecule has 0 aliphatic carbocycles. The highest BCUT2D eigenvalue weighted by Crippen LogP contribution is 2.24. The third kappa shape index (κ3) is 4.47. The molecule has 6 heteroatoms. The van der Waals surface area contributed by atoms with Crippen LogP contribution in [-0.4, -0.2) is 45.1 Å². The lowest BCUT2D eigenvalue weighted by molar-refractivity contribution is -0.130. The number of amides is 1. The maximum absolute atomic E-state index is 12.6. The van der Waals surface area contributed by atoms with Crippen molar-refractivity contribution in [2.24, 2.45) is 5.92 Å². The van der Waals surface area contributed by atoms with Crippen molar-refractivity contribution in [1.82, 2.24) is 4.90 Å². The molecular formula is C17H26N2O3S. The third-order valence-electron chi connectivity index (χ3n) is 4.46. The summed E-state index contributed by atoms with van der Waals surface area (Å²) in [6.07, 6.45) is 3.84. The molecule has 0 unspecified atom stereocenters. The average Bonchev–Trinajstić information content (AvgIpc) is 2.52. The molecule has 1 aromatic rings. The lowest BCUT2D eigenvalue weighted by Crippen LogP contribution is -2.45. The standard InChI is InChI=1S/C17H26N2O3S/c1-4-15-7-5-6-8-16(15)19(23(3,21)22)13-17(20)18-11-9-14(2)10-12-18/h5-8,14H,4,9-13H2,1-3H3. The van der Waals surface area contributed by atoms with Gasteiger partial charge in [-0.15, -0.1) is 0 Å². The molecule has 0 bridgehead atoms. The minimum absolute atomic E-state index is 0.117. The van der Waals surface area contributed by atoms with Crippen molar-refractivity contribution in [3.63, 3.8) is 0 Å². The largest absolute Gasteiger partial charge is 0.341 e. The summed E-state index contributed by atoms with van der Waals surface area (Å²) in [6.45, 7) is 5.47. The topological polar surface area (TPSA) is 57.7 Å². The number of benzene rings is 1. The molecule has 0 aromatic heterocycles. The fraction of sp³-hybridized carbons (Fsp3) is 0.588. The number of rotatable bonds is 5. The molecule has 1 fully saturated rings. The van der Waals surface area contributed by atoms with Crippen molar-refractivity contribution in [3.8, 4) is 0 Å². The van der Waals surface area contributed by atoms with E-state index in [0.29, 0.717) is 24.7 Å². The molecule has 0 N–H and O–H groups in total. The fourth-order valence-corrected chi connectivity index (χ4v) is 3.80. The molecular weight excluding hydrogens is 312 g/mol. The zero-order valence-corrected chi connectivity index (χ0v) is 15.0. The number of anilines is 1. The lowest BCUT2D eigenvalue weighted by Gasteiger charge is -2.32. The normalized spacial score (nSPS) is 16.4. The molecule has 1 aliphatic heterocycles. The number of sulfonamides is 1. The van der Waals surface area contributed by atoms with Crippen LogP contribution in [0.1, 0.15) is 32.3 Å². The summed E-state index contributed by atoms with van der Waals surface area (Å²) < 4.78 is 25.7. The third-order valence-corrected chi connectivity index (χ3v) is 5.58. The highest BCUT2D eigenvalue weighted by atomic mass is 32.2. The van der Waals surface area contributed by atoms with Crippen LogP contribution in [0.5, 0.6) is 0 Å². The van der Waals surface area contributed by atoms with E-state index in [2.05, 4.69) is 6.92 Å². The molecule has 2 rings (SSSR count). The van der Waals surface area contributed by atoms with Crippen LogP contribution in [-0.2, 0) is 21.2 Å². The summed E-state index contributed by atoms with van der Waals surface area (Å²) in [5.41, 5.74) is 1.54. The second-order valence-corrected chi connectivity index (χ2v) is 8.22. The Morgan fingerprint density at radius 2 is 1.87 bits per heavy atom. The molecule has 0 atom stereocenters. The van der Waals surface area contributed by atoms with Gasteiger partial charge in [0.05, 0.1) is 11.9 Å². The predicted octanol–water partition coefficient (Wildman–Crippen LogP) is 2.27. The lowest BCUT2D eigenvalue weighted by atomic mass is 9.99. The van der Waals surface area contributed by atoms with E-state index in [0.717, 1.165) is 31.1 Å². The van der Waals surface area contributed by atoms with Crippen molar-refractivity contribution in [3.05, 3.63) is 29.8 Å². The van der Waals surface area contributed by atoms with Gasteiger partial charge in [0.15, 0.2) is 0 Å². The van der Waals surface area contributed by atoms with Crippen molar-refractivity contribution in [2.75, 3.05) is 30.2 Å². The van der Waals surface area contributed by atoms with Crippen LogP contribution < -0.4 is 4.31 Å². The van der Waals surface area contributed by atoms with E-state index < -0.39 is 10.0 Å². The smallest absolute Gasteiger partial charge is 0.243 e. The molecule has 0 spiro atoms. The van der Waals surface area contributed by atoms with Gasteiger partial charge in [-0.2, -0.15) is 0 Å². The SMILES string of the molecule is CCc1ccccc1N(CC(=O)N1CCC(C)CC1)S(C)(=O)=O. The minimum Gasteiger partial charge on any atom is -0.341 e. The van der Waals surface area contributed by atoms with Gasteiger partial charge in [-0.25, -0.2) is 8.42 Å². The van der Waals surface area contributed by atoms with E-state index in [-0.39, 0.29) is 12.5 Å². The van der Waals surface area contributed by atoms with Gasteiger partial charge in [0.25, 0.3) is 0 Å². The summed E-state index contributed by atoms with van der Waals surface area (Å²) in [5, 5.41) is 0. The van der Waals surface area contributed by atoms with Crippen LogP contribution >= 0.6 is 0 Å². The molecule has 5 nitrogen and oxygen atoms in total. The molecule has 1 amide bonds. The van der Waals surface area contributed by atoms with Crippen LogP contribution in [0.4, 0.5) is 5.69 Å². The second-order valence-electron chi connectivity index (χ2n) is 6.32. The monoisotopic (exact) mass is 338 g/mol. The van der Waals surface area contributed by atoms with Gasteiger partial charge in [0.1, 0.15) is 6.54 Å². The van der Waals surface area contributed by atoms with Crippen molar-refractivity contribution in [2.45, 2.75) is 33.1 Å². The number of carbonyl (C=O) groups excluding carboxylic acids is 1. The van der Waals surface area contributed by atoms with Crippen LogP contribution in [0.25, 0.3) is 0 Å². The Morgan fingerprint density at radius 3 is 2.43 bits per heavy atom. The van der Waals surface area contributed by atoms with Gasteiger partial charge >= 0.3 is 0 Å². The summed E-state index contributed by atoms with van der Waals surface area (Å²) in [6, 6.07) is 7.36. The molecule has 128 valence electrons. The number of piperidine rings is 1. The number of nitrogens with zero attached hydrogens (tertiary/aromatic N) is 2. The molecule has 0 radical (unpaired) electrons. The predicted molar refractivity (Wildman–Crippen MR) is 93.0 cm³/mol. The number of likely N-dealkylation sites (tertiary alicyclic amines) is 1. The van der Waals surface area contributed by atoms with Crippen LogP contribution in [0.2, 0.25) is 0 Å². The molecule has 1 aromatic carbocycles. The van der Waals surface area contributed by atoms with Crippen molar-refractivity contribution >= 4 is 21.6 Å². The summed E-state index contributed by atoms with van der Waals surface area (Å²) >= 11 is 0. The van der Waals surface area contributed by atoms with Gasteiger partial charge in [0, 0.05) is 13.1 Å². The number of hydrogen-bond acceptors (Lipinski definition) is 3. The van der Waals surface area contributed by atoms with Gasteiger partial charge < -0.3 is 4.90 Å². The van der Waals surface area contributed by atoms with E-state index in [9.17, 15) is 13.2 Å². The molecule has 23 heavy (non-hydrogen) atoms. The zero-order valence-electron chi connectivity index (χ0n) is 14.2. The quantitative estimate of drug-likeness (QED) is 0.827. The van der Waals surface area contributed by atoms with Gasteiger partial charge in [-0.05, 0) is 36.8 Å². The maximum Gasteiger partial charge on any atom is 0.243 e. The number of hydrogen-bond donors (Lipinski definition) is 0. The molecule has 0 saturated carbocycles. The Hall–Kier alpha value is -1.56. The number of aryl methyl sites for hydroxylation is 1. The summed E-state index contributed by atoms with van der Waals surface area (Å²) in [7, 11) is -3.51. The Kier molecular flexibility index (Phi) is 5.68. The first kappa shape index (κ1) is 17.8. The van der Waals surface area contributed by atoms with Crippen LogP contribution in [0, 0.1) is 5.92 Å². The average molecular weight is 338 g/mol. The first-order valence-corrected chi connectivity index (χ1v) is 10.0.